The van der Waals surface area contributed by atoms with Crippen molar-refractivity contribution in [1.29, 1.82) is 0 Å². The molecule has 0 saturated heterocycles. The minimum Gasteiger partial charge on any atom is -0.349 e. The van der Waals surface area contributed by atoms with E-state index in [2.05, 4.69) is 17.2 Å². The van der Waals surface area contributed by atoms with Crippen LogP contribution in [-0.4, -0.2) is 18.1 Å². The first-order chi connectivity index (χ1) is 13.0. The van der Waals surface area contributed by atoms with Gasteiger partial charge in [-0.1, -0.05) is 31.1 Å². The Morgan fingerprint density at radius 1 is 1.00 bits per heavy atom. The normalized spacial score (nSPS) is 15.5. The zero-order valence-corrected chi connectivity index (χ0v) is 14.8. The van der Waals surface area contributed by atoms with E-state index in [4.69, 9.17) is 0 Å². The van der Waals surface area contributed by atoms with Gasteiger partial charge in [0, 0.05) is 17.2 Å². The van der Waals surface area contributed by atoms with Gasteiger partial charge in [-0.15, -0.1) is 0 Å². The Kier molecular flexibility index (Phi) is 5.85. The van der Waals surface area contributed by atoms with Crippen LogP contribution in [0.1, 0.15) is 53.6 Å². The van der Waals surface area contributed by atoms with Crippen LogP contribution in [-0.2, 0) is 0 Å². The Morgan fingerprint density at radius 3 is 2.37 bits per heavy atom. The van der Waals surface area contributed by atoms with Crippen molar-refractivity contribution >= 4 is 5.91 Å². The van der Waals surface area contributed by atoms with E-state index < -0.39 is 17.3 Å². The van der Waals surface area contributed by atoms with E-state index in [1.54, 1.807) is 24.3 Å². The van der Waals surface area contributed by atoms with Crippen LogP contribution in [0.2, 0.25) is 0 Å². The molecule has 2 nitrogen and oxygen atoms in total. The molecule has 0 radical (unpaired) electrons. The second-order valence-electron chi connectivity index (χ2n) is 6.85. The van der Waals surface area contributed by atoms with Crippen molar-refractivity contribution in [2.24, 2.45) is 0 Å². The molecule has 5 heteroatoms. The van der Waals surface area contributed by atoms with Crippen molar-refractivity contribution in [3.8, 4) is 11.8 Å². The van der Waals surface area contributed by atoms with E-state index in [9.17, 15) is 18.0 Å². The average Bonchev–Trinajstić information content (AvgIpc) is 2.66. The molecular formula is C22H20F3NO. The summed E-state index contributed by atoms with van der Waals surface area (Å²) in [6.45, 7) is 0.0250. The third kappa shape index (κ3) is 5.13. The van der Waals surface area contributed by atoms with Gasteiger partial charge in [0.05, 0.1) is 12.1 Å². The summed E-state index contributed by atoms with van der Waals surface area (Å²) < 4.78 is 41.0. The molecule has 0 spiro atoms. The smallest absolute Gasteiger partial charge is 0.251 e. The van der Waals surface area contributed by atoms with Gasteiger partial charge in [0.2, 0.25) is 0 Å². The van der Waals surface area contributed by atoms with Gasteiger partial charge in [-0.05, 0) is 49.2 Å². The third-order valence-electron chi connectivity index (χ3n) is 4.74. The second kappa shape index (κ2) is 8.30. The summed E-state index contributed by atoms with van der Waals surface area (Å²) in [7, 11) is 0. The standard InChI is InChI=1S/C22H20F3NO/c23-19-11-10-17(20(24)14-19)7-4-16-5-8-18(9-6-16)21(27)26-15-22(25)12-2-1-3-13-22/h5-6,8-11,14H,1-3,12-13,15H2,(H,26,27). The highest BCUT2D eigenvalue weighted by Gasteiger charge is 2.31. The van der Waals surface area contributed by atoms with Gasteiger partial charge >= 0.3 is 0 Å². The van der Waals surface area contributed by atoms with E-state index >= 15 is 0 Å². The quantitative estimate of drug-likeness (QED) is 0.774. The number of carbonyl (C=O) groups excluding carboxylic acids is 1. The van der Waals surface area contributed by atoms with Gasteiger partial charge in [0.1, 0.15) is 17.3 Å². The van der Waals surface area contributed by atoms with Crippen molar-refractivity contribution < 1.29 is 18.0 Å². The molecule has 2 aromatic rings. The molecule has 1 fully saturated rings. The molecular weight excluding hydrogens is 351 g/mol. The van der Waals surface area contributed by atoms with Crippen LogP contribution >= 0.6 is 0 Å². The molecule has 1 aliphatic carbocycles. The lowest BCUT2D eigenvalue weighted by molar-refractivity contribution is 0.0813. The van der Waals surface area contributed by atoms with Crippen LogP contribution in [0.15, 0.2) is 42.5 Å². The van der Waals surface area contributed by atoms with Gasteiger partial charge in [0.15, 0.2) is 0 Å². The minimum atomic E-state index is -1.31. The maximum atomic E-state index is 14.5. The molecule has 3 rings (SSSR count). The summed E-state index contributed by atoms with van der Waals surface area (Å²) >= 11 is 0. The predicted octanol–water partition coefficient (Wildman–Crippen LogP) is 4.77. The molecule has 1 aliphatic rings. The molecule has 1 amide bonds. The highest BCUT2D eigenvalue weighted by molar-refractivity contribution is 5.94. The Balaban J connectivity index is 1.61. The lowest BCUT2D eigenvalue weighted by Gasteiger charge is -2.29. The van der Waals surface area contributed by atoms with Gasteiger partial charge in [0.25, 0.3) is 5.91 Å². The lowest BCUT2D eigenvalue weighted by atomic mass is 9.86. The van der Waals surface area contributed by atoms with E-state index in [1.165, 1.54) is 6.07 Å². The molecule has 0 atom stereocenters. The van der Waals surface area contributed by atoms with Crippen LogP contribution in [0.4, 0.5) is 13.2 Å². The number of carbonyl (C=O) groups is 1. The predicted molar refractivity (Wildman–Crippen MR) is 98.0 cm³/mol. The monoisotopic (exact) mass is 371 g/mol. The molecule has 0 bridgehead atoms. The summed E-state index contributed by atoms with van der Waals surface area (Å²) in [6, 6.07) is 9.64. The molecule has 2 aromatic carbocycles. The van der Waals surface area contributed by atoms with E-state index in [-0.39, 0.29) is 18.0 Å². The van der Waals surface area contributed by atoms with Gasteiger partial charge in [-0.3, -0.25) is 4.79 Å². The van der Waals surface area contributed by atoms with Crippen LogP contribution in [0.5, 0.6) is 0 Å². The summed E-state index contributed by atoms with van der Waals surface area (Å²) in [5.41, 5.74) is -0.213. The van der Waals surface area contributed by atoms with Crippen molar-refractivity contribution in [3.63, 3.8) is 0 Å². The summed E-state index contributed by atoms with van der Waals surface area (Å²) in [6.07, 6.45) is 3.73. The maximum Gasteiger partial charge on any atom is 0.251 e. The minimum absolute atomic E-state index is 0.0250. The van der Waals surface area contributed by atoms with Crippen LogP contribution in [0, 0.1) is 23.5 Å². The SMILES string of the molecule is O=C(NCC1(F)CCCCC1)c1ccc(C#Cc2ccc(F)cc2F)cc1. The third-order valence-corrected chi connectivity index (χ3v) is 4.74. The van der Waals surface area contributed by atoms with Crippen molar-refractivity contribution in [1.82, 2.24) is 5.32 Å². The summed E-state index contributed by atoms with van der Waals surface area (Å²) in [5.74, 6) is 3.70. The fraction of sp³-hybridized carbons (Fsp3) is 0.318. The number of halogens is 3. The largest absolute Gasteiger partial charge is 0.349 e. The Labute approximate surface area is 156 Å². The Bertz CT molecular complexity index is 875. The molecule has 1 saturated carbocycles. The molecule has 0 aromatic heterocycles. The second-order valence-corrected chi connectivity index (χ2v) is 6.85. The average molecular weight is 371 g/mol. The number of hydrogen-bond acceptors (Lipinski definition) is 1. The Hall–Kier alpha value is -2.74. The van der Waals surface area contributed by atoms with E-state index in [0.717, 1.165) is 31.4 Å². The molecule has 27 heavy (non-hydrogen) atoms. The van der Waals surface area contributed by atoms with Gasteiger partial charge in [-0.25, -0.2) is 13.2 Å². The number of benzene rings is 2. The van der Waals surface area contributed by atoms with Crippen molar-refractivity contribution in [2.75, 3.05) is 6.54 Å². The van der Waals surface area contributed by atoms with Gasteiger partial charge < -0.3 is 5.32 Å². The highest BCUT2D eigenvalue weighted by Crippen LogP contribution is 2.31. The zero-order chi connectivity index (χ0) is 19.3. The van der Waals surface area contributed by atoms with Crippen molar-refractivity contribution in [3.05, 3.63) is 70.8 Å². The summed E-state index contributed by atoms with van der Waals surface area (Å²) in [4.78, 5) is 12.2. The first-order valence-corrected chi connectivity index (χ1v) is 8.99. The molecule has 0 aliphatic heterocycles. The number of rotatable bonds is 3. The summed E-state index contributed by atoms with van der Waals surface area (Å²) in [5, 5.41) is 2.66. The fourth-order valence-electron chi connectivity index (χ4n) is 3.14. The van der Waals surface area contributed by atoms with E-state index in [0.29, 0.717) is 24.0 Å². The van der Waals surface area contributed by atoms with Gasteiger partial charge in [-0.2, -0.15) is 0 Å². The number of nitrogens with one attached hydrogen (secondary N) is 1. The number of alkyl halides is 1. The first kappa shape index (κ1) is 19.0. The number of hydrogen-bond donors (Lipinski definition) is 1. The zero-order valence-electron chi connectivity index (χ0n) is 14.8. The van der Waals surface area contributed by atoms with Crippen LogP contribution < -0.4 is 5.32 Å². The van der Waals surface area contributed by atoms with Crippen LogP contribution in [0.3, 0.4) is 0 Å². The fourth-order valence-corrected chi connectivity index (χ4v) is 3.14. The molecule has 1 N–H and O–H groups in total. The van der Waals surface area contributed by atoms with Crippen LogP contribution in [0.25, 0.3) is 0 Å². The van der Waals surface area contributed by atoms with E-state index in [1.807, 2.05) is 0 Å². The molecule has 0 unspecified atom stereocenters. The molecule has 140 valence electrons. The lowest BCUT2D eigenvalue weighted by Crippen LogP contribution is -2.40. The maximum absolute atomic E-state index is 14.5. The van der Waals surface area contributed by atoms with Crippen molar-refractivity contribution in [2.45, 2.75) is 37.8 Å². The topological polar surface area (TPSA) is 29.1 Å². The highest BCUT2D eigenvalue weighted by atomic mass is 19.1. The first-order valence-electron chi connectivity index (χ1n) is 8.99. The number of amides is 1. The molecule has 0 heterocycles. The Morgan fingerprint density at radius 2 is 1.70 bits per heavy atom.